The maximum Gasteiger partial charge on any atom is 0.107 e. The average molecular weight is 340 g/mol. The highest BCUT2D eigenvalue weighted by Gasteiger charge is 2.09. The molecule has 1 aromatic rings. The lowest BCUT2D eigenvalue weighted by molar-refractivity contribution is 0.163. The van der Waals surface area contributed by atoms with E-state index in [4.69, 9.17) is 9.47 Å². The molecule has 0 amide bonds. The molecule has 0 aliphatic heterocycles. The van der Waals surface area contributed by atoms with Crippen molar-refractivity contribution in [2.45, 2.75) is 48.9 Å². The van der Waals surface area contributed by atoms with E-state index in [2.05, 4.69) is 32.0 Å². The van der Waals surface area contributed by atoms with Crippen LogP contribution >= 0.6 is 23.5 Å². The van der Waals surface area contributed by atoms with Crippen LogP contribution in [0.1, 0.15) is 26.7 Å². The highest BCUT2D eigenvalue weighted by Crippen LogP contribution is 2.24. The largest absolute Gasteiger partial charge is 0.498 e. The Morgan fingerprint density at radius 2 is 1.45 bits per heavy atom. The van der Waals surface area contributed by atoms with Crippen LogP contribution in [0, 0.1) is 0 Å². The van der Waals surface area contributed by atoms with Crippen LogP contribution in [0.15, 0.2) is 53.9 Å². The minimum absolute atomic E-state index is 0.186. The van der Waals surface area contributed by atoms with Crippen molar-refractivity contribution < 1.29 is 9.47 Å². The van der Waals surface area contributed by atoms with E-state index in [1.54, 1.807) is 23.5 Å². The molecule has 122 valence electrons. The van der Waals surface area contributed by atoms with Crippen LogP contribution in [-0.4, -0.2) is 28.7 Å². The number of hydrogen-bond acceptors (Lipinski definition) is 5. The van der Waals surface area contributed by atoms with E-state index in [9.17, 15) is 0 Å². The second-order valence-corrected chi connectivity index (χ2v) is 6.68. The number of aromatic nitrogens is 1. The predicted octanol–water partition coefficient (Wildman–Crippen LogP) is 5.14. The second kappa shape index (κ2) is 11.5. The lowest BCUT2D eigenvalue weighted by Crippen LogP contribution is -2.12. The summed E-state index contributed by atoms with van der Waals surface area (Å²) in [6.07, 6.45) is 5.32. The Bertz CT molecular complexity index is 417. The molecule has 0 aliphatic carbocycles. The van der Waals surface area contributed by atoms with Crippen molar-refractivity contribution in [3.63, 3.8) is 0 Å². The SMILES string of the molecule is C=COC(CC)CSc1cccc(SCC(CC)OC=C)n1. The molecule has 0 saturated carbocycles. The minimum Gasteiger partial charge on any atom is -0.498 e. The number of rotatable bonds is 12. The third kappa shape index (κ3) is 7.27. The molecule has 0 saturated heterocycles. The van der Waals surface area contributed by atoms with Crippen molar-refractivity contribution in [3.8, 4) is 0 Å². The first-order valence-electron chi connectivity index (χ1n) is 7.48. The number of thioether (sulfide) groups is 2. The lowest BCUT2D eigenvalue weighted by atomic mass is 10.3. The van der Waals surface area contributed by atoms with Crippen LogP contribution in [-0.2, 0) is 9.47 Å². The fourth-order valence-corrected chi connectivity index (χ4v) is 3.77. The van der Waals surface area contributed by atoms with Crippen molar-refractivity contribution in [1.82, 2.24) is 4.98 Å². The van der Waals surface area contributed by atoms with E-state index < -0.39 is 0 Å². The average Bonchev–Trinajstić information content (AvgIpc) is 2.55. The predicted molar refractivity (Wildman–Crippen MR) is 96.4 cm³/mol. The van der Waals surface area contributed by atoms with E-state index in [0.717, 1.165) is 34.4 Å². The van der Waals surface area contributed by atoms with Crippen LogP contribution in [0.2, 0.25) is 0 Å². The zero-order chi connectivity index (χ0) is 16.2. The van der Waals surface area contributed by atoms with Gasteiger partial charge in [0.1, 0.15) is 12.2 Å². The van der Waals surface area contributed by atoms with Crippen molar-refractivity contribution in [1.29, 1.82) is 0 Å². The second-order valence-electron chi connectivity index (χ2n) is 4.60. The van der Waals surface area contributed by atoms with Gasteiger partial charge in [0.05, 0.1) is 22.6 Å². The third-order valence-corrected chi connectivity index (χ3v) is 5.14. The molecule has 3 nitrogen and oxygen atoms in total. The van der Waals surface area contributed by atoms with Crippen molar-refractivity contribution >= 4 is 23.5 Å². The Balaban J connectivity index is 2.50. The molecule has 0 fully saturated rings. The number of pyridine rings is 1. The fourth-order valence-electron chi connectivity index (χ4n) is 1.69. The van der Waals surface area contributed by atoms with Gasteiger partial charge in [0.15, 0.2) is 0 Å². The van der Waals surface area contributed by atoms with E-state index >= 15 is 0 Å². The van der Waals surface area contributed by atoms with Gasteiger partial charge in [-0.3, -0.25) is 0 Å². The summed E-state index contributed by atoms with van der Waals surface area (Å²) in [6.45, 7) is 11.4. The van der Waals surface area contributed by atoms with Gasteiger partial charge in [-0.25, -0.2) is 4.98 Å². The number of hydrogen-bond donors (Lipinski definition) is 0. The summed E-state index contributed by atoms with van der Waals surface area (Å²) in [5, 5.41) is 2.04. The molecular formula is C17H25NO2S2. The first kappa shape index (κ1) is 19.0. The zero-order valence-corrected chi connectivity index (χ0v) is 15.0. The lowest BCUT2D eigenvalue weighted by Gasteiger charge is -2.14. The van der Waals surface area contributed by atoms with Gasteiger partial charge in [0, 0.05) is 11.5 Å². The van der Waals surface area contributed by atoms with Gasteiger partial charge < -0.3 is 9.47 Å². The summed E-state index contributed by atoms with van der Waals surface area (Å²) in [5.74, 6) is 1.75. The smallest absolute Gasteiger partial charge is 0.107 e. The van der Waals surface area contributed by atoms with E-state index in [1.807, 2.05) is 18.2 Å². The van der Waals surface area contributed by atoms with Crippen LogP contribution in [0.25, 0.3) is 0 Å². The highest BCUT2D eigenvalue weighted by molar-refractivity contribution is 7.99. The Kier molecular flexibility index (Phi) is 9.91. The third-order valence-electron chi connectivity index (χ3n) is 3.02. The van der Waals surface area contributed by atoms with Gasteiger partial charge in [0.25, 0.3) is 0 Å². The molecule has 1 rings (SSSR count). The fraction of sp³-hybridized carbons (Fsp3) is 0.471. The van der Waals surface area contributed by atoms with Crippen molar-refractivity contribution in [2.75, 3.05) is 11.5 Å². The minimum atomic E-state index is 0.186. The summed E-state index contributed by atoms with van der Waals surface area (Å²) in [7, 11) is 0. The van der Waals surface area contributed by atoms with Gasteiger partial charge in [0.2, 0.25) is 0 Å². The Hall–Kier alpha value is -1.07. The normalized spacial score (nSPS) is 13.2. The van der Waals surface area contributed by atoms with E-state index in [1.165, 1.54) is 12.5 Å². The highest BCUT2D eigenvalue weighted by atomic mass is 32.2. The Morgan fingerprint density at radius 3 is 1.82 bits per heavy atom. The monoisotopic (exact) mass is 339 g/mol. The number of ether oxygens (including phenoxy) is 2. The topological polar surface area (TPSA) is 31.4 Å². The maximum atomic E-state index is 5.45. The molecule has 0 N–H and O–H groups in total. The molecule has 0 radical (unpaired) electrons. The molecule has 1 heterocycles. The quantitative estimate of drug-likeness (QED) is 0.388. The molecule has 1 aromatic heterocycles. The van der Waals surface area contributed by atoms with Crippen LogP contribution in [0.3, 0.4) is 0 Å². The maximum absolute atomic E-state index is 5.45. The summed E-state index contributed by atoms with van der Waals surface area (Å²) < 4.78 is 10.9. The van der Waals surface area contributed by atoms with Gasteiger partial charge >= 0.3 is 0 Å². The molecule has 2 unspecified atom stereocenters. The molecular weight excluding hydrogens is 314 g/mol. The standard InChI is InChI=1S/C17H25NO2S2/c1-5-14(19-7-3)12-21-16-10-9-11-17(18-16)22-13-15(6-2)20-8-4/h7-11,14-15H,3-6,12-13H2,1-2H3. The Labute approximate surface area is 142 Å². The summed E-state index contributed by atoms with van der Waals surface area (Å²) in [6, 6.07) is 6.11. The van der Waals surface area contributed by atoms with Gasteiger partial charge in [-0.05, 0) is 25.0 Å². The molecule has 0 aliphatic rings. The number of nitrogens with zero attached hydrogens (tertiary/aromatic N) is 1. The van der Waals surface area contributed by atoms with E-state index in [0.29, 0.717) is 0 Å². The van der Waals surface area contributed by atoms with Crippen LogP contribution in [0.5, 0.6) is 0 Å². The molecule has 22 heavy (non-hydrogen) atoms. The molecule has 0 bridgehead atoms. The Morgan fingerprint density at radius 1 is 1.00 bits per heavy atom. The molecule has 2 atom stereocenters. The first-order chi connectivity index (χ1) is 10.7. The van der Waals surface area contributed by atoms with Gasteiger partial charge in [-0.2, -0.15) is 0 Å². The summed E-state index contributed by atoms with van der Waals surface area (Å²) in [5.41, 5.74) is 0. The van der Waals surface area contributed by atoms with Crippen molar-refractivity contribution in [3.05, 3.63) is 43.9 Å². The summed E-state index contributed by atoms with van der Waals surface area (Å²) in [4.78, 5) is 4.67. The molecule has 0 aromatic carbocycles. The van der Waals surface area contributed by atoms with Crippen molar-refractivity contribution in [2.24, 2.45) is 0 Å². The van der Waals surface area contributed by atoms with Gasteiger partial charge in [-0.1, -0.05) is 33.1 Å². The van der Waals surface area contributed by atoms with Crippen LogP contribution in [0.4, 0.5) is 0 Å². The molecule has 0 spiro atoms. The van der Waals surface area contributed by atoms with Crippen LogP contribution < -0.4 is 0 Å². The summed E-state index contributed by atoms with van der Waals surface area (Å²) >= 11 is 3.43. The first-order valence-corrected chi connectivity index (χ1v) is 9.45. The zero-order valence-electron chi connectivity index (χ0n) is 13.4. The molecule has 5 heteroatoms. The van der Waals surface area contributed by atoms with Gasteiger partial charge in [-0.15, -0.1) is 23.5 Å². The van der Waals surface area contributed by atoms with E-state index in [-0.39, 0.29) is 12.2 Å².